The van der Waals surface area contributed by atoms with E-state index in [1.165, 1.54) is 15.3 Å². The molecule has 0 spiro atoms. The van der Waals surface area contributed by atoms with E-state index in [-0.39, 0.29) is 5.54 Å². The molecule has 0 saturated heterocycles. The van der Waals surface area contributed by atoms with E-state index in [0.29, 0.717) is 0 Å². The van der Waals surface area contributed by atoms with E-state index in [0.717, 1.165) is 12.2 Å². The molecule has 2 aromatic heterocycles. The third-order valence-corrected chi connectivity index (χ3v) is 3.53. The zero-order chi connectivity index (χ0) is 12.5. The molecule has 0 aliphatic carbocycles. The summed E-state index contributed by atoms with van der Waals surface area (Å²) in [6.07, 6.45) is 1.91. The smallest absolute Gasteiger partial charge is 0.0794 e. The fourth-order valence-corrected chi connectivity index (χ4v) is 2.49. The van der Waals surface area contributed by atoms with Crippen LogP contribution in [0.25, 0.3) is 10.6 Å². The molecule has 2 heterocycles. The van der Waals surface area contributed by atoms with Gasteiger partial charge in [-0.15, -0.1) is 11.3 Å². The molecule has 3 nitrogen and oxygen atoms in total. The van der Waals surface area contributed by atoms with Crippen LogP contribution < -0.4 is 5.32 Å². The summed E-state index contributed by atoms with van der Waals surface area (Å²) in [6.45, 7) is 9.47. The van der Waals surface area contributed by atoms with Crippen LogP contribution in [0.1, 0.15) is 31.2 Å². The molecule has 0 amide bonds. The molecule has 0 atom stereocenters. The molecule has 0 aliphatic rings. The highest BCUT2D eigenvalue weighted by molar-refractivity contribution is 7.15. The van der Waals surface area contributed by atoms with Crippen LogP contribution in [0.2, 0.25) is 0 Å². The van der Waals surface area contributed by atoms with Gasteiger partial charge in [-0.05, 0) is 39.8 Å². The highest BCUT2D eigenvalue weighted by Gasteiger charge is 2.13. The molecule has 0 aromatic carbocycles. The Morgan fingerprint density at radius 3 is 2.71 bits per heavy atom. The normalized spacial score (nSPS) is 12.0. The molecule has 17 heavy (non-hydrogen) atoms. The van der Waals surface area contributed by atoms with Crippen molar-refractivity contribution in [2.45, 2.75) is 39.8 Å². The van der Waals surface area contributed by atoms with Crippen molar-refractivity contribution >= 4 is 11.3 Å². The van der Waals surface area contributed by atoms with E-state index in [4.69, 9.17) is 0 Å². The Morgan fingerprint density at radius 1 is 1.35 bits per heavy atom. The lowest BCUT2D eigenvalue weighted by molar-refractivity contribution is 0.424. The summed E-state index contributed by atoms with van der Waals surface area (Å²) in [4.78, 5) is 2.58. The van der Waals surface area contributed by atoms with Crippen LogP contribution in [0.3, 0.4) is 0 Å². The van der Waals surface area contributed by atoms with Crippen molar-refractivity contribution in [1.82, 2.24) is 15.5 Å². The predicted molar refractivity (Wildman–Crippen MR) is 73.2 cm³/mol. The van der Waals surface area contributed by atoms with Gasteiger partial charge in [0, 0.05) is 22.5 Å². The van der Waals surface area contributed by atoms with Crippen LogP contribution in [0.5, 0.6) is 0 Å². The number of rotatable bonds is 3. The number of aryl methyl sites for hydroxylation is 1. The Kier molecular flexibility index (Phi) is 3.35. The molecule has 0 bridgehead atoms. The quantitative estimate of drug-likeness (QED) is 0.876. The first-order valence-corrected chi connectivity index (χ1v) is 6.61. The van der Waals surface area contributed by atoms with Gasteiger partial charge >= 0.3 is 0 Å². The minimum absolute atomic E-state index is 0.125. The standard InChI is InChI=1S/C13H19N3S/c1-9-5-6-11(17-9)12-10(8-15-16-12)7-14-13(2,3)4/h5-6,8,14H,7H2,1-4H3,(H,15,16). The molecule has 4 heteroatoms. The van der Waals surface area contributed by atoms with Gasteiger partial charge in [-0.3, -0.25) is 5.10 Å². The van der Waals surface area contributed by atoms with Crippen molar-refractivity contribution in [3.05, 3.63) is 28.8 Å². The summed E-state index contributed by atoms with van der Waals surface area (Å²) in [5.41, 5.74) is 2.49. The lowest BCUT2D eigenvalue weighted by Crippen LogP contribution is -2.35. The molecule has 0 radical (unpaired) electrons. The predicted octanol–water partition coefficient (Wildman–Crippen LogP) is 3.33. The zero-order valence-corrected chi connectivity index (χ0v) is 11.6. The maximum absolute atomic E-state index is 4.15. The number of nitrogens with zero attached hydrogens (tertiary/aromatic N) is 1. The number of aromatic amines is 1. The first kappa shape index (κ1) is 12.3. The second-order valence-corrected chi connectivity index (χ2v) is 6.57. The van der Waals surface area contributed by atoms with Gasteiger partial charge in [0.05, 0.1) is 16.8 Å². The van der Waals surface area contributed by atoms with Crippen LogP contribution in [-0.4, -0.2) is 15.7 Å². The summed E-state index contributed by atoms with van der Waals surface area (Å²) in [5.74, 6) is 0. The van der Waals surface area contributed by atoms with Gasteiger partial charge in [-0.2, -0.15) is 5.10 Å². The molecule has 0 fully saturated rings. The van der Waals surface area contributed by atoms with Gasteiger partial charge in [0.2, 0.25) is 0 Å². The van der Waals surface area contributed by atoms with Crippen LogP contribution in [0, 0.1) is 6.92 Å². The van der Waals surface area contributed by atoms with Crippen LogP contribution in [-0.2, 0) is 6.54 Å². The minimum atomic E-state index is 0.125. The third-order valence-electron chi connectivity index (χ3n) is 2.51. The molecule has 0 saturated carbocycles. The summed E-state index contributed by atoms with van der Waals surface area (Å²) in [7, 11) is 0. The second kappa shape index (κ2) is 4.63. The molecule has 92 valence electrons. The van der Waals surface area contributed by atoms with Crippen molar-refractivity contribution in [3.63, 3.8) is 0 Å². The van der Waals surface area contributed by atoms with Gasteiger partial charge in [0.25, 0.3) is 0 Å². The van der Waals surface area contributed by atoms with Crippen molar-refractivity contribution in [2.75, 3.05) is 0 Å². The fraction of sp³-hybridized carbons (Fsp3) is 0.462. The Labute approximate surface area is 106 Å². The van der Waals surface area contributed by atoms with Gasteiger partial charge in [0.1, 0.15) is 0 Å². The van der Waals surface area contributed by atoms with Crippen molar-refractivity contribution in [1.29, 1.82) is 0 Å². The number of aromatic nitrogens is 2. The van der Waals surface area contributed by atoms with Crippen LogP contribution in [0.15, 0.2) is 18.3 Å². The topological polar surface area (TPSA) is 40.7 Å². The van der Waals surface area contributed by atoms with E-state index in [1.807, 2.05) is 6.20 Å². The average Bonchev–Trinajstić information content (AvgIpc) is 2.81. The van der Waals surface area contributed by atoms with Gasteiger partial charge in [0.15, 0.2) is 0 Å². The minimum Gasteiger partial charge on any atom is -0.308 e. The molecule has 2 rings (SSSR count). The largest absolute Gasteiger partial charge is 0.308 e. The van der Waals surface area contributed by atoms with Crippen molar-refractivity contribution in [3.8, 4) is 10.6 Å². The SMILES string of the molecule is Cc1ccc(-c2[nH]ncc2CNC(C)(C)C)s1. The third kappa shape index (κ3) is 3.17. The Hall–Kier alpha value is -1.13. The monoisotopic (exact) mass is 249 g/mol. The van der Waals surface area contributed by atoms with Crippen LogP contribution in [0.4, 0.5) is 0 Å². The zero-order valence-electron chi connectivity index (χ0n) is 10.8. The van der Waals surface area contributed by atoms with Crippen LogP contribution >= 0.6 is 11.3 Å². The van der Waals surface area contributed by atoms with E-state index in [9.17, 15) is 0 Å². The lowest BCUT2D eigenvalue weighted by atomic mass is 10.1. The summed E-state index contributed by atoms with van der Waals surface area (Å²) < 4.78 is 0. The number of nitrogens with one attached hydrogen (secondary N) is 2. The van der Waals surface area contributed by atoms with Crippen molar-refractivity contribution in [2.24, 2.45) is 0 Å². The molecule has 2 aromatic rings. The molecular weight excluding hydrogens is 230 g/mol. The Bertz CT molecular complexity index is 491. The van der Waals surface area contributed by atoms with E-state index < -0.39 is 0 Å². The average molecular weight is 249 g/mol. The summed E-state index contributed by atoms with van der Waals surface area (Å²) >= 11 is 1.79. The van der Waals surface area contributed by atoms with Gasteiger partial charge in [-0.1, -0.05) is 0 Å². The Balaban J connectivity index is 2.17. The fourth-order valence-electron chi connectivity index (χ4n) is 1.59. The maximum atomic E-state index is 4.15. The highest BCUT2D eigenvalue weighted by atomic mass is 32.1. The summed E-state index contributed by atoms with van der Waals surface area (Å²) in [5, 5.41) is 10.7. The van der Waals surface area contributed by atoms with Gasteiger partial charge < -0.3 is 5.32 Å². The molecular formula is C13H19N3S. The number of thiophene rings is 1. The first-order valence-electron chi connectivity index (χ1n) is 5.80. The van der Waals surface area contributed by atoms with E-state index in [2.05, 4.69) is 55.3 Å². The first-order chi connectivity index (χ1) is 7.96. The molecule has 0 unspecified atom stereocenters. The molecule has 0 aliphatic heterocycles. The second-order valence-electron chi connectivity index (χ2n) is 5.28. The van der Waals surface area contributed by atoms with E-state index >= 15 is 0 Å². The van der Waals surface area contributed by atoms with Crippen molar-refractivity contribution < 1.29 is 0 Å². The number of H-pyrrole nitrogens is 1. The summed E-state index contributed by atoms with van der Waals surface area (Å²) in [6, 6.07) is 4.29. The lowest BCUT2D eigenvalue weighted by Gasteiger charge is -2.20. The molecule has 2 N–H and O–H groups in total. The highest BCUT2D eigenvalue weighted by Crippen LogP contribution is 2.28. The number of hydrogen-bond donors (Lipinski definition) is 2. The maximum Gasteiger partial charge on any atom is 0.0794 e. The Morgan fingerprint density at radius 2 is 2.12 bits per heavy atom. The number of hydrogen-bond acceptors (Lipinski definition) is 3. The van der Waals surface area contributed by atoms with Gasteiger partial charge in [-0.25, -0.2) is 0 Å². The van der Waals surface area contributed by atoms with E-state index in [1.54, 1.807) is 11.3 Å².